The average molecular weight is 313 g/mol. The molecule has 1 saturated heterocycles. The zero-order valence-electron chi connectivity index (χ0n) is 12.6. The van der Waals surface area contributed by atoms with Crippen LogP contribution in [0.4, 0.5) is 5.69 Å². The average Bonchev–Trinajstić information content (AvgIpc) is 3.18. The van der Waals surface area contributed by atoms with Crippen molar-refractivity contribution in [2.45, 2.75) is 12.5 Å². The number of thiazole rings is 1. The molecule has 0 saturated carbocycles. The first-order chi connectivity index (χ1) is 10.7. The molecule has 1 aliphatic rings. The Morgan fingerprint density at radius 3 is 2.86 bits per heavy atom. The highest BCUT2D eigenvalue weighted by molar-refractivity contribution is 7.13. The Balaban J connectivity index is 1.74. The van der Waals surface area contributed by atoms with Crippen LogP contribution >= 0.6 is 11.3 Å². The molecule has 22 heavy (non-hydrogen) atoms. The number of hydrogen-bond acceptors (Lipinski definition) is 4. The van der Waals surface area contributed by atoms with Crippen LogP contribution < -0.4 is 4.90 Å². The van der Waals surface area contributed by atoms with E-state index in [1.165, 1.54) is 0 Å². The monoisotopic (exact) mass is 313 g/mol. The van der Waals surface area contributed by atoms with E-state index in [1.54, 1.807) is 17.4 Å². The molecule has 2 aromatic rings. The molecule has 1 atom stereocenters. The highest BCUT2D eigenvalue weighted by atomic mass is 32.1. The largest absolute Gasteiger partial charge is 0.363 e. The summed E-state index contributed by atoms with van der Waals surface area (Å²) in [5, 5.41) is 2.99. The van der Waals surface area contributed by atoms with Gasteiger partial charge in [-0.2, -0.15) is 0 Å². The molecular formula is C17H19N3OS. The second-order valence-electron chi connectivity index (χ2n) is 5.37. The van der Waals surface area contributed by atoms with E-state index in [2.05, 4.69) is 40.7 Å². The van der Waals surface area contributed by atoms with Gasteiger partial charge >= 0.3 is 0 Å². The van der Waals surface area contributed by atoms with Crippen LogP contribution in [0.2, 0.25) is 0 Å². The third-order valence-electron chi connectivity index (χ3n) is 4.04. The van der Waals surface area contributed by atoms with Crippen LogP contribution in [0.1, 0.15) is 6.42 Å². The number of likely N-dealkylation sites (tertiary alicyclic amines) is 1. The topological polar surface area (TPSA) is 36.4 Å². The number of carbonyl (C=O) groups is 1. The summed E-state index contributed by atoms with van der Waals surface area (Å²) < 4.78 is 0. The number of rotatable bonds is 5. The van der Waals surface area contributed by atoms with Crippen LogP contribution in [-0.2, 0) is 4.79 Å². The fourth-order valence-corrected chi connectivity index (χ4v) is 3.45. The first kappa shape index (κ1) is 14.8. The van der Waals surface area contributed by atoms with Crippen LogP contribution in [-0.4, -0.2) is 42.0 Å². The van der Waals surface area contributed by atoms with E-state index in [9.17, 15) is 4.79 Å². The predicted octanol–water partition coefficient (Wildman–Crippen LogP) is 3.03. The van der Waals surface area contributed by atoms with E-state index in [1.807, 2.05) is 23.5 Å². The summed E-state index contributed by atoms with van der Waals surface area (Å²) in [6.45, 7) is 5.14. The van der Waals surface area contributed by atoms with Crippen LogP contribution in [0.25, 0.3) is 10.6 Å². The maximum atomic E-state index is 12.4. The molecule has 0 radical (unpaired) electrons. The van der Waals surface area contributed by atoms with Crippen molar-refractivity contribution in [3.63, 3.8) is 0 Å². The number of likely N-dealkylation sites (N-methyl/N-ethyl adjacent to an activating group) is 1. The molecule has 0 bridgehead atoms. The zero-order valence-corrected chi connectivity index (χ0v) is 13.4. The quantitative estimate of drug-likeness (QED) is 0.796. The van der Waals surface area contributed by atoms with Crippen molar-refractivity contribution in [1.82, 2.24) is 9.88 Å². The minimum Gasteiger partial charge on any atom is -0.363 e. The Labute approximate surface area is 134 Å². The number of carbonyl (C=O) groups excluding carboxylic acids is 1. The molecule has 1 aromatic carbocycles. The van der Waals surface area contributed by atoms with Crippen molar-refractivity contribution >= 4 is 22.9 Å². The van der Waals surface area contributed by atoms with E-state index in [4.69, 9.17) is 0 Å². The lowest BCUT2D eigenvalue weighted by Gasteiger charge is -2.25. The second kappa shape index (κ2) is 6.32. The van der Waals surface area contributed by atoms with E-state index in [0.29, 0.717) is 6.54 Å². The van der Waals surface area contributed by atoms with Gasteiger partial charge in [0.2, 0.25) is 5.91 Å². The Hall–Kier alpha value is -2.14. The Morgan fingerprint density at radius 1 is 1.45 bits per heavy atom. The molecule has 1 amide bonds. The van der Waals surface area contributed by atoms with Crippen molar-refractivity contribution < 1.29 is 4.79 Å². The fraction of sp³-hybridized carbons (Fsp3) is 0.294. The molecule has 1 aromatic heterocycles. The fourth-order valence-electron chi connectivity index (χ4n) is 2.80. The summed E-state index contributed by atoms with van der Waals surface area (Å²) in [4.78, 5) is 20.6. The summed E-state index contributed by atoms with van der Waals surface area (Å²) in [6, 6.07) is 8.16. The van der Waals surface area contributed by atoms with Gasteiger partial charge in [0.15, 0.2) is 0 Å². The third kappa shape index (κ3) is 2.76. The van der Waals surface area contributed by atoms with E-state index in [0.717, 1.165) is 29.2 Å². The van der Waals surface area contributed by atoms with Gasteiger partial charge in [0.05, 0.1) is 0 Å². The molecule has 3 rings (SSSR count). The van der Waals surface area contributed by atoms with Crippen LogP contribution in [0.3, 0.4) is 0 Å². The summed E-state index contributed by atoms with van der Waals surface area (Å²) in [6.07, 6.45) is 4.45. The number of anilines is 1. The number of aromatic nitrogens is 1. The van der Waals surface area contributed by atoms with Gasteiger partial charge in [-0.05, 0) is 30.7 Å². The van der Waals surface area contributed by atoms with Gasteiger partial charge in [-0.15, -0.1) is 17.9 Å². The van der Waals surface area contributed by atoms with Gasteiger partial charge in [-0.25, -0.2) is 4.98 Å². The first-order valence-corrected chi connectivity index (χ1v) is 8.21. The molecular weight excluding hydrogens is 294 g/mol. The number of benzene rings is 1. The molecule has 2 heterocycles. The first-order valence-electron chi connectivity index (χ1n) is 7.33. The predicted molar refractivity (Wildman–Crippen MR) is 91.1 cm³/mol. The van der Waals surface area contributed by atoms with Gasteiger partial charge in [-0.3, -0.25) is 4.79 Å². The molecule has 0 spiro atoms. The lowest BCUT2D eigenvalue weighted by molar-refractivity contribution is -0.128. The second-order valence-corrected chi connectivity index (χ2v) is 6.27. The SMILES string of the molecule is C=CCN1CC[C@H](N(C)c2ccc(-c3nccs3)cc2)C1=O. The lowest BCUT2D eigenvalue weighted by Crippen LogP contribution is -2.39. The molecule has 0 N–H and O–H groups in total. The van der Waals surface area contributed by atoms with Gasteiger partial charge in [0.1, 0.15) is 11.0 Å². The lowest BCUT2D eigenvalue weighted by atomic mass is 10.1. The van der Waals surface area contributed by atoms with Crippen molar-refractivity contribution in [2.24, 2.45) is 0 Å². The zero-order chi connectivity index (χ0) is 15.5. The third-order valence-corrected chi connectivity index (χ3v) is 4.86. The Bertz CT molecular complexity index is 651. The number of nitrogens with zero attached hydrogens (tertiary/aromatic N) is 3. The van der Waals surface area contributed by atoms with Crippen molar-refractivity contribution in [1.29, 1.82) is 0 Å². The molecule has 4 nitrogen and oxygen atoms in total. The smallest absolute Gasteiger partial charge is 0.245 e. The minimum atomic E-state index is -0.0781. The summed E-state index contributed by atoms with van der Waals surface area (Å²) in [5.41, 5.74) is 2.16. The highest BCUT2D eigenvalue weighted by Gasteiger charge is 2.33. The van der Waals surface area contributed by atoms with E-state index < -0.39 is 0 Å². The molecule has 114 valence electrons. The van der Waals surface area contributed by atoms with Crippen LogP contribution in [0.5, 0.6) is 0 Å². The summed E-state index contributed by atoms with van der Waals surface area (Å²) >= 11 is 1.63. The molecule has 1 fully saturated rings. The summed E-state index contributed by atoms with van der Waals surface area (Å²) in [5.74, 6) is 0.186. The number of hydrogen-bond donors (Lipinski definition) is 0. The maximum Gasteiger partial charge on any atom is 0.245 e. The van der Waals surface area contributed by atoms with E-state index in [-0.39, 0.29) is 11.9 Å². The van der Waals surface area contributed by atoms with Crippen molar-refractivity contribution in [2.75, 3.05) is 25.0 Å². The molecule has 5 heteroatoms. The van der Waals surface area contributed by atoms with Gasteiger partial charge in [0.25, 0.3) is 0 Å². The van der Waals surface area contributed by atoms with Gasteiger partial charge in [-0.1, -0.05) is 6.08 Å². The minimum absolute atomic E-state index is 0.0781. The van der Waals surface area contributed by atoms with Crippen LogP contribution in [0, 0.1) is 0 Å². The Morgan fingerprint density at radius 2 is 2.23 bits per heavy atom. The molecule has 1 aliphatic heterocycles. The number of amides is 1. The summed E-state index contributed by atoms with van der Waals surface area (Å²) in [7, 11) is 1.98. The van der Waals surface area contributed by atoms with Crippen molar-refractivity contribution in [3.8, 4) is 10.6 Å². The van der Waals surface area contributed by atoms with Crippen LogP contribution in [0.15, 0.2) is 48.5 Å². The molecule has 0 unspecified atom stereocenters. The highest BCUT2D eigenvalue weighted by Crippen LogP contribution is 2.27. The van der Waals surface area contributed by atoms with Crippen molar-refractivity contribution in [3.05, 3.63) is 48.5 Å². The van der Waals surface area contributed by atoms with Gasteiger partial charge in [0, 0.05) is 43.0 Å². The normalized spacial score (nSPS) is 17.8. The maximum absolute atomic E-state index is 12.4. The Kier molecular flexibility index (Phi) is 4.24. The molecule has 0 aliphatic carbocycles. The standard InChI is InChI=1S/C17H19N3OS/c1-3-10-20-11-8-15(17(20)21)19(2)14-6-4-13(5-7-14)16-18-9-12-22-16/h3-7,9,12,15H,1,8,10-11H2,2H3/t15-/m0/s1. The van der Waals surface area contributed by atoms with Gasteiger partial charge < -0.3 is 9.80 Å². The van der Waals surface area contributed by atoms with E-state index >= 15 is 0 Å².